The molecule has 0 aliphatic rings. The number of sulfonamides is 1. The standard InChI is InChI=1S/C23H22Cl2N2O3S/c1-31(29,30)27(16-19-4-2-3-5-22(19)25)21-12-8-18(9-13-21)23(28)26-15-14-17-6-10-20(24)11-7-17/h2-13H,14-16H2,1H3,(H,26,28). The lowest BCUT2D eigenvalue weighted by atomic mass is 10.1. The Balaban J connectivity index is 1.67. The van der Waals surface area contributed by atoms with Crippen LogP contribution in [0.5, 0.6) is 0 Å². The second kappa shape index (κ2) is 10.2. The second-order valence-corrected chi connectivity index (χ2v) is 9.79. The first-order valence-corrected chi connectivity index (χ1v) is 12.2. The van der Waals surface area contributed by atoms with E-state index in [1.54, 1.807) is 48.5 Å². The fourth-order valence-corrected chi connectivity index (χ4v) is 4.23. The first kappa shape index (κ1) is 23.1. The van der Waals surface area contributed by atoms with E-state index in [0.29, 0.717) is 39.8 Å². The van der Waals surface area contributed by atoms with E-state index in [1.807, 2.05) is 24.3 Å². The average molecular weight is 477 g/mol. The summed E-state index contributed by atoms with van der Waals surface area (Å²) in [4.78, 5) is 12.4. The van der Waals surface area contributed by atoms with Gasteiger partial charge in [-0.05, 0) is 60.0 Å². The molecule has 0 saturated carbocycles. The number of nitrogens with zero attached hydrogens (tertiary/aromatic N) is 1. The predicted octanol–water partition coefficient (Wildman–Crippen LogP) is 4.93. The van der Waals surface area contributed by atoms with Crippen molar-refractivity contribution < 1.29 is 13.2 Å². The summed E-state index contributed by atoms with van der Waals surface area (Å²) in [6, 6.07) is 21.0. The number of rotatable bonds is 8. The van der Waals surface area contributed by atoms with E-state index in [0.717, 1.165) is 11.8 Å². The summed E-state index contributed by atoms with van der Waals surface area (Å²) in [6.07, 6.45) is 1.82. The van der Waals surface area contributed by atoms with Gasteiger partial charge in [0.25, 0.3) is 5.91 Å². The topological polar surface area (TPSA) is 66.5 Å². The molecule has 1 amide bonds. The van der Waals surface area contributed by atoms with Gasteiger partial charge in [-0.1, -0.05) is 53.5 Å². The van der Waals surface area contributed by atoms with E-state index in [9.17, 15) is 13.2 Å². The van der Waals surface area contributed by atoms with Gasteiger partial charge in [0.15, 0.2) is 0 Å². The molecule has 0 heterocycles. The van der Waals surface area contributed by atoms with Gasteiger partial charge in [0.1, 0.15) is 0 Å². The zero-order valence-corrected chi connectivity index (χ0v) is 19.2. The fourth-order valence-electron chi connectivity index (χ4n) is 3.03. The molecular formula is C23H22Cl2N2O3S. The van der Waals surface area contributed by atoms with Gasteiger partial charge in [-0.3, -0.25) is 9.10 Å². The SMILES string of the molecule is CS(=O)(=O)N(Cc1ccccc1Cl)c1ccc(C(=O)NCCc2ccc(Cl)cc2)cc1. The minimum absolute atomic E-state index is 0.102. The predicted molar refractivity (Wildman–Crippen MR) is 126 cm³/mol. The molecule has 3 rings (SSSR count). The van der Waals surface area contributed by atoms with Crippen LogP contribution < -0.4 is 9.62 Å². The third-order valence-corrected chi connectivity index (χ3v) is 6.46. The maximum atomic E-state index is 12.4. The first-order valence-electron chi connectivity index (χ1n) is 9.58. The van der Waals surface area contributed by atoms with Crippen molar-refractivity contribution in [3.63, 3.8) is 0 Å². The van der Waals surface area contributed by atoms with Crippen molar-refractivity contribution in [1.82, 2.24) is 5.32 Å². The molecule has 0 aliphatic heterocycles. The van der Waals surface area contributed by atoms with Crippen LogP contribution in [0.1, 0.15) is 21.5 Å². The lowest BCUT2D eigenvalue weighted by Crippen LogP contribution is -2.29. The molecule has 0 unspecified atom stereocenters. The monoisotopic (exact) mass is 476 g/mol. The molecule has 0 aromatic heterocycles. The number of benzene rings is 3. The summed E-state index contributed by atoms with van der Waals surface area (Å²) in [5.41, 5.74) is 2.67. The van der Waals surface area contributed by atoms with Crippen LogP contribution in [0.4, 0.5) is 5.69 Å². The van der Waals surface area contributed by atoms with E-state index in [1.165, 1.54) is 4.31 Å². The highest BCUT2D eigenvalue weighted by molar-refractivity contribution is 7.92. The number of hydrogen-bond donors (Lipinski definition) is 1. The van der Waals surface area contributed by atoms with Crippen molar-refractivity contribution in [2.45, 2.75) is 13.0 Å². The Kier molecular flexibility index (Phi) is 7.59. The van der Waals surface area contributed by atoms with Crippen LogP contribution in [0.2, 0.25) is 10.0 Å². The molecule has 3 aromatic carbocycles. The zero-order valence-electron chi connectivity index (χ0n) is 16.9. The maximum absolute atomic E-state index is 12.4. The van der Waals surface area contributed by atoms with Crippen LogP contribution in [0, 0.1) is 0 Å². The number of carbonyl (C=O) groups excluding carboxylic acids is 1. The third-order valence-electron chi connectivity index (χ3n) is 4.70. The molecule has 3 aromatic rings. The Morgan fingerprint density at radius 2 is 1.58 bits per heavy atom. The highest BCUT2D eigenvalue weighted by atomic mass is 35.5. The Morgan fingerprint density at radius 1 is 0.935 bits per heavy atom. The molecule has 0 radical (unpaired) electrons. The van der Waals surface area contributed by atoms with Crippen LogP contribution in [0.15, 0.2) is 72.8 Å². The van der Waals surface area contributed by atoms with Gasteiger partial charge in [-0.2, -0.15) is 0 Å². The highest BCUT2D eigenvalue weighted by Gasteiger charge is 2.19. The van der Waals surface area contributed by atoms with Crippen molar-refractivity contribution in [3.05, 3.63) is 99.5 Å². The Morgan fingerprint density at radius 3 is 2.19 bits per heavy atom. The minimum atomic E-state index is -3.55. The number of anilines is 1. The minimum Gasteiger partial charge on any atom is -0.352 e. The first-order chi connectivity index (χ1) is 14.7. The number of hydrogen-bond acceptors (Lipinski definition) is 3. The van der Waals surface area contributed by atoms with Crippen molar-refractivity contribution in [3.8, 4) is 0 Å². The molecule has 0 spiro atoms. The van der Waals surface area contributed by atoms with Gasteiger partial charge in [-0.15, -0.1) is 0 Å². The summed E-state index contributed by atoms with van der Waals surface area (Å²) in [5.74, 6) is -0.225. The van der Waals surface area contributed by atoms with Gasteiger partial charge in [-0.25, -0.2) is 8.42 Å². The lowest BCUT2D eigenvalue weighted by molar-refractivity contribution is 0.0954. The molecule has 8 heteroatoms. The summed E-state index contributed by atoms with van der Waals surface area (Å²) >= 11 is 12.1. The maximum Gasteiger partial charge on any atom is 0.251 e. The van der Waals surface area contributed by atoms with Crippen LogP contribution in [-0.4, -0.2) is 27.1 Å². The van der Waals surface area contributed by atoms with Crippen LogP contribution in [0.3, 0.4) is 0 Å². The molecule has 1 N–H and O–H groups in total. The third kappa shape index (κ3) is 6.47. The lowest BCUT2D eigenvalue weighted by Gasteiger charge is -2.23. The van der Waals surface area contributed by atoms with Crippen molar-refractivity contribution in [2.24, 2.45) is 0 Å². The van der Waals surface area contributed by atoms with Crippen LogP contribution in [0.25, 0.3) is 0 Å². The van der Waals surface area contributed by atoms with Crippen molar-refractivity contribution in [1.29, 1.82) is 0 Å². The molecule has 162 valence electrons. The van der Waals surface area contributed by atoms with Gasteiger partial charge in [0.2, 0.25) is 10.0 Å². The quantitative estimate of drug-likeness (QED) is 0.500. The van der Waals surface area contributed by atoms with E-state index in [-0.39, 0.29) is 12.5 Å². The zero-order chi connectivity index (χ0) is 22.4. The van der Waals surface area contributed by atoms with Gasteiger partial charge in [0.05, 0.1) is 18.5 Å². The average Bonchev–Trinajstić information content (AvgIpc) is 2.74. The largest absolute Gasteiger partial charge is 0.352 e. The summed E-state index contributed by atoms with van der Waals surface area (Å²) in [7, 11) is -3.55. The number of halogens is 2. The van der Waals surface area contributed by atoms with Crippen LogP contribution >= 0.6 is 23.2 Å². The molecule has 31 heavy (non-hydrogen) atoms. The summed E-state index contributed by atoms with van der Waals surface area (Å²) in [5, 5.41) is 4.03. The molecule has 5 nitrogen and oxygen atoms in total. The molecule has 0 atom stereocenters. The van der Waals surface area contributed by atoms with E-state index in [2.05, 4.69) is 5.32 Å². The molecular weight excluding hydrogens is 455 g/mol. The highest BCUT2D eigenvalue weighted by Crippen LogP contribution is 2.24. The van der Waals surface area contributed by atoms with Gasteiger partial charge in [0, 0.05) is 22.2 Å². The number of amides is 1. The molecule has 0 aliphatic carbocycles. The van der Waals surface area contributed by atoms with E-state index >= 15 is 0 Å². The summed E-state index contributed by atoms with van der Waals surface area (Å²) in [6.45, 7) is 0.579. The molecule has 0 bridgehead atoms. The molecule has 0 fully saturated rings. The molecule has 0 saturated heterocycles. The number of carbonyl (C=O) groups is 1. The van der Waals surface area contributed by atoms with Crippen molar-refractivity contribution in [2.75, 3.05) is 17.1 Å². The van der Waals surface area contributed by atoms with Crippen LogP contribution in [-0.2, 0) is 23.0 Å². The number of nitrogens with one attached hydrogen (secondary N) is 1. The van der Waals surface area contributed by atoms with Gasteiger partial charge >= 0.3 is 0 Å². The Bertz CT molecular complexity index is 1150. The van der Waals surface area contributed by atoms with Gasteiger partial charge < -0.3 is 5.32 Å². The van der Waals surface area contributed by atoms with E-state index < -0.39 is 10.0 Å². The van der Waals surface area contributed by atoms with E-state index in [4.69, 9.17) is 23.2 Å². The fraction of sp³-hybridized carbons (Fsp3) is 0.174. The summed E-state index contributed by atoms with van der Waals surface area (Å²) < 4.78 is 26.0. The Hall–Kier alpha value is -2.54. The second-order valence-electron chi connectivity index (χ2n) is 7.04. The Labute approximate surface area is 192 Å². The normalized spacial score (nSPS) is 11.2. The smallest absolute Gasteiger partial charge is 0.251 e. The van der Waals surface area contributed by atoms with Crippen molar-refractivity contribution >= 4 is 44.8 Å².